The van der Waals surface area contributed by atoms with Crippen molar-refractivity contribution in [2.75, 3.05) is 20.1 Å². The van der Waals surface area contributed by atoms with Crippen LogP contribution in [0.25, 0.3) is 11.3 Å². The van der Waals surface area contributed by atoms with Gasteiger partial charge in [0, 0.05) is 42.4 Å². The molecule has 0 saturated carbocycles. The van der Waals surface area contributed by atoms with Gasteiger partial charge in [-0.2, -0.15) is 0 Å². The van der Waals surface area contributed by atoms with E-state index >= 15 is 0 Å². The Morgan fingerprint density at radius 1 is 1.07 bits per heavy atom. The van der Waals surface area contributed by atoms with Crippen LogP contribution in [0.5, 0.6) is 0 Å². The zero-order chi connectivity index (χ0) is 20.0. The number of Topliss-reactive ketones (excluding diaryl/α,β-unsaturated/α-hetero) is 2. The minimum Gasteiger partial charge on any atom is -0.481 e. The summed E-state index contributed by atoms with van der Waals surface area (Å²) in [6.45, 7) is 1.93. The quantitative estimate of drug-likeness (QED) is 0.807. The summed E-state index contributed by atoms with van der Waals surface area (Å²) in [5, 5.41) is 0. The molecule has 5 heteroatoms. The average Bonchev–Trinajstić information content (AvgIpc) is 3.28. The van der Waals surface area contributed by atoms with Crippen LogP contribution in [0.1, 0.15) is 46.3 Å². The van der Waals surface area contributed by atoms with Crippen LogP contribution in [0.3, 0.4) is 0 Å². The molecule has 5 nitrogen and oxygen atoms in total. The highest BCUT2D eigenvalue weighted by Crippen LogP contribution is 2.41. The van der Waals surface area contributed by atoms with Gasteiger partial charge in [-0.1, -0.05) is 18.2 Å². The Bertz CT molecular complexity index is 1010. The molecule has 2 unspecified atom stereocenters. The van der Waals surface area contributed by atoms with Gasteiger partial charge in [-0.25, -0.2) is 0 Å². The first-order chi connectivity index (χ1) is 14.1. The maximum Gasteiger partial charge on any atom is 0.207 e. The van der Waals surface area contributed by atoms with Crippen LogP contribution in [0, 0.1) is 5.92 Å². The number of carbonyl (C=O) groups is 2. The van der Waals surface area contributed by atoms with Gasteiger partial charge in [0.2, 0.25) is 5.78 Å². The maximum atomic E-state index is 13.6. The van der Waals surface area contributed by atoms with Crippen LogP contribution in [-0.4, -0.2) is 47.7 Å². The lowest BCUT2D eigenvalue weighted by molar-refractivity contribution is -0.122. The lowest BCUT2D eigenvalue weighted by Crippen LogP contribution is -2.40. The van der Waals surface area contributed by atoms with Crippen LogP contribution < -0.4 is 0 Å². The van der Waals surface area contributed by atoms with Crippen molar-refractivity contribution in [3.63, 3.8) is 0 Å². The summed E-state index contributed by atoms with van der Waals surface area (Å²) in [6, 6.07) is 9.54. The van der Waals surface area contributed by atoms with Gasteiger partial charge >= 0.3 is 0 Å². The number of carbonyl (C=O) groups excluding carboxylic acids is 2. The summed E-state index contributed by atoms with van der Waals surface area (Å²) in [7, 11) is 2.10. The van der Waals surface area contributed by atoms with Crippen LogP contribution >= 0.6 is 0 Å². The molecule has 2 aromatic rings. The number of hydrogen-bond donors (Lipinski definition) is 0. The van der Waals surface area contributed by atoms with Crippen molar-refractivity contribution in [1.82, 2.24) is 9.88 Å². The number of aryl methyl sites for hydroxylation is 1. The van der Waals surface area contributed by atoms with Gasteiger partial charge < -0.3 is 9.64 Å². The van der Waals surface area contributed by atoms with E-state index in [9.17, 15) is 9.59 Å². The topological polar surface area (TPSA) is 59.5 Å². The Morgan fingerprint density at radius 3 is 2.69 bits per heavy atom. The number of piperidine rings is 1. The first-order valence-corrected chi connectivity index (χ1v) is 10.3. The summed E-state index contributed by atoms with van der Waals surface area (Å²) >= 11 is 0. The van der Waals surface area contributed by atoms with E-state index in [0.29, 0.717) is 17.8 Å². The first-order valence-electron chi connectivity index (χ1n) is 10.3. The minimum atomic E-state index is -0.453. The van der Waals surface area contributed by atoms with E-state index < -0.39 is 6.10 Å². The number of pyridine rings is 1. The summed E-state index contributed by atoms with van der Waals surface area (Å²) in [4.78, 5) is 32.0. The summed E-state index contributed by atoms with van der Waals surface area (Å²) in [5.74, 6) is 1.07. The SMILES string of the molecule is CN1CCCC(C2OC(c3ccncc3)=C(c3ccc4c(c3)CCC4=O)C2=O)C1. The molecule has 0 amide bonds. The van der Waals surface area contributed by atoms with Gasteiger partial charge in [-0.15, -0.1) is 0 Å². The third kappa shape index (κ3) is 3.19. The Hall–Kier alpha value is -2.79. The molecule has 0 N–H and O–H groups in total. The lowest BCUT2D eigenvalue weighted by atomic mass is 9.87. The molecular weight excluding hydrogens is 364 g/mol. The molecule has 5 rings (SSSR count). The molecule has 0 radical (unpaired) electrons. The Morgan fingerprint density at radius 2 is 1.90 bits per heavy atom. The van der Waals surface area contributed by atoms with Crippen molar-refractivity contribution in [3.05, 3.63) is 65.0 Å². The van der Waals surface area contributed by atoms with Crippen molar-refractivity contribution >= 4 is 22.9 Å². The molecular formula is C24H24N2O3. The number of ether oxygens (including phenoxy) is 1. The van der Waals surface area contributed by atoms with Gasteiger partial charge in [0.25, 0.3) is 0 Å². The summed E-state index contributed by atoms with van der Waals surface area (Å²) < 4.78 is 6.36. The van der Waals surface area contributed by atoms with E-state index in [0.717, 1.165) is 54.6 Å². The number of ketones is 2. The number of benzene rings is 1. The highest BCUT2D eigenvalue weighted by atomic mass is 16.5. The second-order valence-electron chi connectivity index (χ2n) is 8.30. The number of fused-ring (bicyclic) bond motifs is 1. The number of nitrogens with zero attached hydrogens (tertiary/aromatic N) is 2. The molecule has 29 heavy (non-hydrogen) atoms. The van der Waals surface area contributed by atoms with Gasteiger partial charge in [-0.3, -0.25) is 14.6 Å². The normalized spacial score (nSPS) is 24.7. The molecule has 0 bridgehead atoms. The van der Waals surface area contributed by atoms with Crippen LogP contribution in [0.2, 0.25) is 0 Å². The fraction of sp³-hybridized carbons (Fsp3) is 0.375. The van der Waals surface area contributed by atoms with Gasteiger partial charge in [0.15, 0.2) is 11.9 Å². The van der Waals surface area contributed by atoms with Gasteiger partial charge in [0.1, 0.15) is 5.76 Å². The maximum absolute atomic E-state index is 13.6. The molecule has 1 aromatic heterocycles. The highest BCUT2D eigenvalue weighted by molar-refractivity contribution is 6.31. The first kappa shape index (κ1) is 18.3. The Balaban J connectivity index is 1.57. The third-order valence-electron chi connectivity index (χ3n) is 6.32. The lowest BCUT2D eigenvalue weighted by Gasteiger charge is -2.32. The Labute approximate surface area is 170 Å². The van der Waals surface area contributed by atoms with E-state index in [2.05, 4.69) is 16.9 Å². The van der Waals surface area contributed by atoms with E-state index in [1.807, 2.05) is 30.3 Å². The van der Waals surface area contributed by atoms with E-state index in [1.165, 1.54) is 0 Å². The zero-order valence-corrected chi connectivity index (χ0v) is 16.6. The molecule has 1 saturated heterocycles. The smallest absolute Gasteiger partial charge is 0.207 e. The largest absolute Gasteiger partial charge is 0.481 e. The van der Waals surface area contributed by atoms with Crippen LogP contribution in [0.15, 0.2) is 42.7 Å². The van der Waals surface area contributed by atoms with E-state index in [-0.39, 0.29) is 17.5 Å². The van der Waals surface area contributed by atoms with Crippen molar-refractivity contribution in [1.29, 1.82) is 0 Å². The Kier molecular flexibility index (Phi) is 4.55. The van der Waals surface area contributed by atoms with Gasteiger partial charge in [-0.05, 0) is 56.1 Å². The number of hydrogen-bond acceptors (Lipinski definition) is 5. The summed E-state index contributed by atoms with van der Waals surface area (Å²) in [6.07, 6.45) is 6.35. The number of rotatable bonds is 3. The minimum absolute atomic E-state index is 0.0568. The molecule has 1 aliphatic carbocycles. The monoisotopic (exact) mass is 388 g/mol. The van der Waals surface area contributed by atoms with Crippen molar-refractivity contribution in [2.24, 2.45) is 5.92 Å². The van der Waals surface area contributed by atoms with Crippen molar-refractivity contribution < 1.29 is 14.3 Å². The number of likely N-dealkylation sites (tertiary alicyclic amines) is 1. The van der Waals surface area contributed by atoms with E-state index in [1.54, 1.807) is 12.4 Å². The molecule has 1 fully saturated rings. The van der Waals surface area contributed by atoms with Crippen molar-refractivity contribution in [2.45, 2.75) is 31.8 Å². The third-order valence-corrected chi connectivity index (χ3v) is 6.32. The molecule has 2 atom stereocenters. The molecule has 0 spiro atoms. The molecule has 148 valence electrons. The molecule has 3 heterocycles. The highest BCUT2D eigenvalue weighted by Gasteiger charge is 2.42. The van der Waals surface area contributed by atoms with Crippen LogP contribution in [-0.2, 0) is 16.0 Å². The zero-order valence-electron chi connectivity index (χ0n) is 16.6. The molecule has 2 aliphatic heterocycles. The van der Waals surface area contributed by atoms with Crippen molar-refractivity contribution in [3.8, 4) is 0 Å². The van der Waals surface area contributed by atoms with E-state index in [4.69, 9.17) is 4.74 Å². The second-order valence-corrected chi connectivity index (χ2v) is 8.30. The van der Waals surface area contributed by atoms with Gasteiger partial charge in [0.05, 0.1) is 5.57 Å². The fourth-order valence-corrected chi connectivity index (χ4v) is 4.86. The average molecular weight is 388 g/mol. The molecule has 1 aromatic carbocycles. The van der Waals surface area contributed by atoms with Crippen LogP contribution in [0.4, 0.5) is 0 Å². The predicted molar refractivity (Wildman–Crippen MR) is 110 cm³/mol. The number of aromatic nitrogens is 1. The molecule has 3 aliphatic rings. The fourth-order valence-electron chi connectivity index (χ4n) is 4.86. The standard InChI is InChI=1S/C24H24N2O3/c1-26-12-2-3-18(14-26)24-22(28)21(23(29-24)15-8-10-25-11-9-15)17-4-6-19-16(13-17)5-7-20(19)27/h4,6,8-11,13,18,24H,2-3,5,7,12,14H2,1H3. The second kappa shape index (κ2) is 7.23. The predicted octanol–water partition coefficient (Wildman–Crippen LogP) is 3.39. The summed E-state index contributed by atoms with van der Waals surface area (Å²) in [5.41, 5.74) is 4.17.